The van der Waals surface area contributed by atoms with Crippen molar-refractivity contribution in [3.05, 3.63) is 40.8 Å². The number of halogens is 2. The summed E-state index contributed by atoms with van der Waals surface area (Å²) in [5.74, 6) is -1.53. The number of nitrogens with one attached hydrogen (secondary N) is 3. The van der Waals surface area contributed by atoms with Crippen LogP contribution in [0.1, 0.15) is 23.7 Å². The topological polar surface area (TPSA) is 135 Å². The third kappa shape index (κ3) is 5.18. The number of pyridine rings is 1. The molecule has 176 valence electrons. The van der Waals surface area contributed by atoms with Crippen molar-refractivity contribution >= 4 is 49.9 Å². The van der Waals surface area contributed by atoms with E-state index < -0.39 is 27.3 Å². The Hall–Kier alpha value is -2.96. The van der Waals surface area contributed by atoms with Gasteiger partial charge in [0.1, 0.15) is 0 Å². The molecule has 10 nitrogen and oxygen atoms in total. The number of carbonyl (C=O) groups excluding carboxylic acids is 1. The summed E-state index contributed by atoms with van der Waals surface area (Å²) in [6, 6.07) is 3.99. The van der Waals surface area contributed by atoms with Crippen LogP contribution in [0.25, 0.3) is 11.0 Å². The van der Waals surface area contributed by atoms with E-state index in [0.29, 0.717) is 49.1 Å². The Bertz CT molecular complexity index is 1300. The smallest absolute Gasteiger partial charge is 0.260 e. The van der Waals surface area contributed by atoms with E-state index in [0.717, 1.165) is 6.07 Å². The van der Waals surface area contributed by atoms with Gasteiger partial charge in [-0.05, 0) is 24.6 Å². The Labute approximate surface area is 193 Å². The van der Waals surface area contributed by atoms with E-state index in [-0.39, 0.29) is 22.2 Å². The predicted octanol–water partition coefficient (Wildman–Crippen LogP) is 3.18. The fourth-order valence-corrected chi connectivity index (χ4v) is 4.52. The third-order valence-corrected chi connectivity index (χ3v) is 6.65. The van der Waals surface area contributed by atoms with Gasteiger partial charge in [-0.1, -0.05) is 18.5 Å². The summed E-state index contributed by atoms with van der Waals surface area (Å²) in [5, 5.41) is 9.71. The first-order chi connectivity index (χ1) is 15.8. The zero-order chi connectivity index (χ0) is 23.6. The zero-order valence-electron chi connectivity index (χ0n) is 17.5. The van der Waals surface area contributed by atoms with Crippen molar-refractivity contribution in [1.82, 2.24) is 15.2 Å². The molecule has 1 saturated heterocycles. The van der Waals surface area contributed by atoms with E-state index in [1.54, 1.807) is 13.0 Å². The van der Waals surface area contributed by atoms with Crippen LogP contribution in [-0.2, 0) is 14.8 Å². The average Bonchev–Trinajstić information content (AvgIpc) is 3.11. The van der Waals surface area contributed by atoms with Crippen LogP contribution in [0.2, 0.25) is 5.02 Å². The van der Waals surface area contributed by atoms with Crippen LogP contribution in [0.4, 0.5) is 15.8 Å². The summed E-state index contributed by atoms with van der Waals surface area (Å²) in [6.07, 6.45) is 1.71. The largest absolute Gasteiger partial charge is 0.476 e. The molecule has 0 atom stereocenters. The Morgan fingerprint density at radius 1 is 1.39 bits per heavy atom. The van der Waals surface area contributed by atoms with Gasteiger partial charge in [0.25, 0.3) is 5.91 Å². The van der Waals surface area contributed by atoms with Gasteiger partial charge in [0.05, 0.1) is 59.1 Å². The summed E-state index contributed by atoms with van der Waals surface area (Å²) >= 11 is 6.05. The van der Waals surface area contributed by atoms with Gasteiger partial charge < -0.3 is 14.8 Å². The molecule has 3 aromatic rings. The minimum atomic E-state index is -3.76. The second kappa shape index (κ2) is 9.49. The molecule has 13 heteroatoms. The fourth-order valence-electron chi connectivity index (χ4n) is 3.16. The number of carbonyl (C=O) groups is 1. The molecule has 1 aliphatic rings. The van der Waals surface area contributed by atoms with Crippen LogP contribution in [0.15, 0.2) is 24.4 Å². The third-order valence-electron chi connectivity index (χ3n) is 4.86. The molecular weight excluding hydrogens is 477 g/mol. The Kier molecular flexibility index (Phi) is 6.68. The van der Waals surface area contributed by atoms with Gasteiger partial charge in [-0.25, -0.2) is 17.8 Å². The van der Waals surface area contributed by atoms with Crippen molar-refractivity contribution in [3.8, 4) is 5.88 Å². The zero-order valence-corrected chi connectivity index (χ0v) is 19.1. The SMILES string of the molecule is CCCS(=O)(=O)Nc1ccc(Cl)c(C(=O)Nc2cnc3[nH]nc(OCC4COC4)c3c2)c1F. The number of fused-ring (bicyclic) bond motifs is 1. The number of nitrogens with zero attached hydrogens (tertiary/aromatic N) is 2. The molecule has 1 amide bonds. The second-order valence-electron chi connectivity index (χ2n) is 7.52. The number of rotatable bonds is 9. The first kappa shape index (κ1) is 23.2. The number of H-pyrrole nitrogens is 1. The van der Waals surface area contributed by atoms with Crippen LogP contribution in [0.5, 0.6) is 5.88 Å². The molecule has 0 bridgehead atoms. The molecule has 1 aliphatic heterocycles. The first-order valence-electron chi connectivity index (χ1n) is 10.1. The number of anilines is 2. The van der Waals surface area contributed by atoms with Gasteiger partial charge in [-0.3, -0.25) is 14.6 Å². The highest BCUT2D eigenvalue weighted by Gasteiger charge is 2.23. The van der Waals surface area contributed by atoms with Gasteiger partial charge >= 0.3 is 0 Å². The lowest BCUT2D eigenvalue weighted by Crippen LogP contribution is -2.32. The molecule has 0 aliphatic carbocycles. The van der Waals surface area contributed by atoms with Crippen molar-refractivity contribution < 1.29 is 27.1 Å². The van der Waals surface area contributed by atoms with Gasteiger partial charge in [0, 0.05) is 5.92 Å². The molecule has 2 aromatic heterocycles. The predicted molar refractivity (Wildman–Crippen MR) is 121 cm³/mol. The monoisotopic (exact) mass is 497 g/mol. The van der Waals surface area contributed by atoms with E-state index >= 15 is 4.39 Å². The molecule has 33 heavy (non-hydrogen) atoms. The number of benzene rings is 1. The van der Waals surface area contributed by atoms with E-state index in [2.05, 4.69) is 25.2 Å². The summed E-state index contributed by atoms with van der Waals surface area (Å²) in [5.41, 5.74) is -0.165. The fraction of sp³-hybridized carbons (Fsp3) is 0.350. The summed E-state index contributed by atoms with van der Waals surface area (Å²) < 4.78 is 52.0. The van der Waals surface area contributed by atoms with Crippen molar-refractivity contribution in [2.75, 3.05) is 35.6 Å². The van der Waals surface area contributed by atoms with Crippen molar-refractivity contribution in [3.63, 3.8) is 0 Å². The molecule has 0 saturated carbocycles. The highest BCUT2D eigenvalue weighted by atomic mass is 35.5. The number of amides is 1. The van der Waals surface area contributed by atoms with Crippen molar-refractivity contribution in [1.29, 1.82) is 0 Å². The standard InChI is InChI=1S/C20H21ClFN5O5S/c1-2-5-33(29,30)27-15-4-3-14(21)16(17(15)22)19(28)24-12-6-13-18(23-7-12)25-26-20(13)32-10-11-8-31-9-11/h3-4,6-7,11,27H,2,5,8-10H2,1H3,(H,24,28)(H,23,25,26). The van der Waals surface area contributed by atoms with Gasteiger partial charge in [-0.15, -0.1) is 5.10 Å². The van der Waals surface area contributed by atoms with E-state index in [4.69, 9.17) is 21.1 Å². The van der Waals surface area contributed by atoms with Crippen LogP contribution in [0, 0.1) is 11.7 Å². The number of hydrogen-bond donors (Lipinski definition) is 3. The van der Waals surface area contributed by atoms with E-state index in [1.807, 2.05) is 0 Å². The molecule has 3 heterocycles. The normalized spacial score (nSPS) is 14.2. The minimum absolute atomic E-state index is 0.174. The number of hydrogen-bond acceptors (Lipinski definition) is 7. The van der Waals surface area contributed by atoms with Gasteiger partial charge in [-0.2, -0.15) is 0 Å². The molecule has 0 radical (unpaired) electrons. The first-order valence-corrected chi connectivity index (χ1v) is 12.1. The average molecular weight is 498 g/mol. The molecule has 0 spiro atoms. The van der Waals surface area contributed by atoms with Crippen LogP contribution in [-0.4, -0.2) is 55.1 Å². The quantitative estimate of drug-likeness (QED) is 0.413. The molecule has 3 N–H and O–H groups in total. The van der Waals surface area contributed by atoms with Crippen molar-refractivity contribution in [2.45, 2.75) is 13.3 Å². The van der Waals surface area contributed by atoms with Crippen LogP contribution < -0.4 is 14.8 Å². The Morgan fingerprint density at radius 3 is 2.88 bits per heavy atom. The number of sulfonamides is 1. The maximum Gasteiger partial charge on any atom is 0.260 e. The number of aromatic amines is 1. The second-order valence-corrected chi connectivity index (χ2v) is 9.77. The maximum absolute atomic E-state index is 15.0. The van der Waals surface area contributed by atoms with Gasteiger partial charge in [0.2, 0.25) is 15.9 Å². The van der Waals surface area contributed by atoms with E-state index in [1.165, 1.54) is 12.3 Å². The minimum Gasteiger partial charge on any atom is -0.476 e. The van der Waals surface area contributed by atoms with Crippen LogP contribution >= 0.6 is 11.6 Å². The molecule has 0 unspecified atom stereocenters. The number of aromatic nitrogens is 3. The highest BCUT2D eigenvalue weighted by molar-refractivity contribution is 7.92. The summed E-state index contributed by atoms with van der Waals surface area (Å²) in [6.45, 7) is 3.36. The highest BCUT2D eigenvalue weighted by Crippen LogP contribution is 2.29. The maximum atomic E-state index is 15.0. The summed E-state index contributed by atoms with van der Waals surface area (Å²) in [4.78, 5) is 17.0. The lowest BCUT2D eigenvalue weighted by molar-refractivity contribution is -0.0512. The molecular formula is C20H21ClFN5O5S. The Morgan fingerprint density at radius 2 is 2.18 bits per heavy atom. The number of ether oxygens (including phenoxy) is 2. The molecule has 1 fully saturated rings. The van der Waals surface area contributed by atoms with Crippen LogP contribution in [0.3, 0.4) is 0 Å². The van der Waals surface area contributed by atoms with Crippen molar-refractivity contribution in [2.24, 2.45) is 5.92 Å². The van der Waals surface area contributed by atoms with E-state index in [9.17, 15) is 13.2 Å². The lowest BCUT2D eigenvalue weighted by atomic mass is 10.1. The summed E-state index contributed by atoms with van der Waals surface area (Å²) in [7, 11) is -3.76. The van der Waals surface area contributed by atoms with Gasteiger partial charge in [0.15, 0.2) is 11.5 Å². The lowest BCUT2D eigenvalue weighted by Gasteiger charge is -2.25. The molecule has 4 rings (SSSR count). The molecule has 1 aromatic carbocycles. The Balaban J connectivity index is 1.55.